The van der Waals surface area contributed by atoms with Crippen LogP contribution in [0.15, 0.2) is 35.1 Å². The lowest BCUT2D eigenvalue weighted by Crippen LogP contribution is -2.29. The number of ether oxygens (including phenoxy) is 2. The van der Waals surface area contributed by atoms with E-state index in [0.29, 0.717) is 5.56 Å². The van der Waals surface area contributed by atoms with Crippen LogP contribution in [-0.2, 0) is 9.47 Å². The van der Waals surface area contributed by atoms with E-state index in [4.69, 9.17) is 21.1 Å². The minimum atomic E-state index is -4.55. The first-order valence-corrected chi connectivity index (χ1v) is 8.00. The van der Waals surface area contributed by atoms with E-state index in [1.165, 1.54) is 19.2 Å². The van der Waals surface area contributed by atoms with E-state index in [2.05, 4.69) is 10.4 Å². The number of nitrogens with zero attached hydrogens (tertiary/aromatic N) is 2. The van der Waals surface area contributed by atoms with Crippen LogP contribution in [0.2, 0.25) is 5.02 Å². The normalized spacial score (nSPS) is 19.5. The van der Waals surface area contributed by atoms with Crippen LogP contribution < -0.4 is 5.32 Å². The molecule has 0 aliphatic carbocycles. The van der Waals surface area contributed by atoms with Crippen molar-refractivity contribution in [2.24, 2.45) is 5.10 Å². The van der Waals surface area contributed by atoms with E-state index >= 15 is 0 Å². The highest BCUT2D eigenvalue weighted by molar-refractivity contribution is 6.33. The maximum absolute atomic E-state index is 13.1. The van der Waals surface area contributed by atoms with Crippen molar-refractivity contribution in [3.63, 3.8) is 0 Å². The summed E-state index contributed by atoms with van der Waals surface area (Å²) in [5.74, 6) is 0. The molecule has 0 aromatic heterocycles. The van der Waals surface area contributed by atoms with Gasteiger partial charge in [-0.1, -0.05) is 17.7 Å². The predicted molar refractivity (Wildman–Crippen MR) is 91.4 cm³/mol. The SMILES string of the molecule is CCOC(=O)Nc1cc(/C2=N/N(C)/C(C(F)(F)F)=C\COC2)ccc1Cl. The molecule has 0 bridgehead atoms. The summed E-state index contributed by atoms with van der Waals surface area (Å²) in [6.45, 7) is 1.62. The van der Waals surface area contributed by atoms with E-state index in [1.807, 2.05) is 0 Å². The number of benzene rings is 1. The van der Waals surface area contributed by atoms with Crippen LogP contribution in [0, 0.1) is 0 Å². The van der Waals surface area contributed by atoms with Gasteiger partial charge in [-0.2, -0.15) is 18.3 Å². The predicted octanol–water partition coefficient (Wildman–Crippen LogP) is 4.02. The lowest BCUT2D eigenvalue weighted by atomic mass is 10.1. The monoisotopic (exact) mass is 391 g/mol. The molecule has 10 heteroatoms. The lowest BCUT2D eigenvalue weighted by Gasteiger charge is -2.23. The fourth-order valence-corrected chi connectivity index (χ4v) is 2.37. The van der Waals surface area contributed by atoms with Crippen molar-refractivity contribution in [2.45, 2.75) is 13.1 Å². The molecule has 0 atom stereocenters. The van der Waals surface area contributed by atoms with Gasteiger partial charge >= 0.3 is 12.3 Å². The first-order valence-electron chi connectivity index (χ1n) is 7.62. The van der Waals surface area contributed by atoms with Crippen LogP contribution in [0.3, 0.4) is 0 Å². The Morgan fingerprint density at radius 1 is 1.46 bits per heavy atom. The highest BCUT2D eigenvalue weighted by atomic mass is 35.5. The lowest BCUT2D eigenvalue weighted by molar-refractivity contribution is -0.110. The molecule has 0 fully saturated rings. The minimum absolute atomic E-state index is 0.00748. The van der Waals surface area contributed by atoms with E-state index in [1.54, 1.807) is 13.0 Å². The van der Waals surface area contributed by atoms with Crippen LogP contribution in [0.25, 0.3) is 0 Å². The molecule has 2 rings (SSSR count). The second-order valence-corrected chi connectivity index (χ2v) is 5.62. The average Bonchev–Trinajstić information content (AvgIpc) is 2.52. The third-order valence-electron chi connectivity index (χ3n) is 3.35. The zero-order valence-electron chi connectivity index (χ0n) is 14.1. The molecular formula is C16H17ClF3N3O3. The number of rotatable bonds is 3. The molecule has 1 heterocycles. The van der Waals surface area contributed by atoms with Gasteiger partial charge in [0.05, 0.1) is 36.2 Å². The fourth-order valence-electron chi connectivity index (χ4n) is 2.21. The number of nitrogens with one attached hydrogen (secondary N) is 1. The average molecular weight is 392 g/mol. The van der Waals surface area contributed by atoms with Gasteiger partial charge in [0, 0.05) is 12.6 Å². The van der Waals surface area contributed by atoms with Crippen LogP contribution in [0.5, 0.6) is 0 Å². The topological polar surface area (TPSA) is 63.2 Å². The number of halogens is 4. The fraction of sp³-hybridized carbons (Fsp3) is 0.375. The third kappa shape index (κ3) is 5.12. The summed E-state index contributed by atoms with van der Waals surface area (Å²) in [7, 11) is 1.21. The molecule has 142 valence electrons. The standard InChI is InChI=1S/C16H17ClF3N3O3/c1-3-26-15(24)21-12-8-10(4-5-11(12)17)13-9-25-7-6-14(16(18,19)20)23(2)22-13/h4-6,8H,3,7,9H2,1-2H3,(H,21,24)/b14-6-,22-13+. The number of carbonyl (C=O) groups is 1. The van der Waals surface area contributed by atoms with Crippen LogP contribution in [0.1, 0.15) is 12.5 Å². The number of allylic oxidation sites excluding steroid dienone is 1. The number of anilines is 1. The van der Waals surface area contributed by atoms with Gasteiger partial charge < -0.3 is 9.47 Å². The quantitative estimate of drug-likeness (QED) is 0.845. The Kier molecular flexibility index (Phi) is 6.49. The molecular weight excluding hydrogens is 375 g/mol. The van der Waals surface area contributed by atoms with Gasteiger partial charge in [0.25, 0.3) is 0 Å². The Hall–Kier alpha value is -2.26. The number of carbonyl (C=O) groups excluding carboxylic acids is 1. The summed E-state index contributed by atoms with van der Waals surface area (Å²) in [6, 6.07) is 4.57. The van der Waals surface area contributed by atoms with E-state index in [0.717, 1.165) is 11.1 Å². The first kappa shape index (κ1) is 20.1. The van der Waals surface area contributed by atoms with Crippen molar-refractivity contribution in [2.75, 3.05) is 32.2 Å². The Morgan fingerprint density at radius 3 is 2.85 bits per heavy atom. The summed E-state index contributed by atoms with van der Waals surface area (Å²) >= 11 is 6.04. The van der Waals surface area contributed by atoms with Crippen molar-refractivity contribution >= 4 is 29.1 Å². The Balaban J connectivity index is 2.33. The van der Waals surface area contributed by atoms with E-state index < -0.39 is 18.0 Å². The maximum atomic E-state index is 13.1. The first-order chi connectivity index (χ1) is 12.2. The molecule has 1 aliphatic rings. The number of alkyl halides is 3. The second kappa shape index (κ2) is 8.41. The number of amides is 1. The van der Waals surface area contributed by atoms with Crippen LogP contribution >= 0.6 is 11.6 Å². The third-order valence-corrected chi connectivity index (χ3v) is 3.68. The molecule has 6 nitrogen and oxygen atoms in total. The van der Waals surface area contributed by atoms with Crippen molar-refractivity contribution in [3.8, 4) is 0 Å². The molecule has 1 aliphatic heterocycles. The molecule has 0 spiro atoms. The van der Waals surface area contributed by atoms with Crippen molar-refractivity contribution in [3.05, 3.63) is 40.6 Å². The zero-order chi connectivity index (χ0) is 19.3. The zero-order valence-corrected chi connectivity index (χ0v) is 14.8. The van der Waals surface area contributed by atoms with Gasteiger partial charge in [-0.25, -0.2) is 4.79 Å². The molecule has 0 radical (unpaired) electrons. The number of hydrogen-bond donors (Lipinski definition) is 1. The maximum Gasteiger partial charge on any atom is 0.432 e. The molecule has 1 N–H and O–H groups in total. The van der Waals surface area contributed by atoms with Crippen molar-refractivity contribution in [1.29, 1.82) is 0 Å². The summed E-state index contributed by atoms with van der Waals surface area (Å²) < 4.78 is 49.2. The summed E-state index contributed by atoms with van der Waals surface area (Å²) in [6.07, 6.45) is -4.32. The molecule has 0 saturated heterocycles. The minimum Gasteiger partial charge on any atom is -0.450 e. The summed E-state index contributed by atoms with van der Waals surface area (Å²) in [5.41, 5.74) is 0.0394. The van der Waals surface area contributed by atoms with Crippen molar-refractivity contribution < 1.29 is 27.4 Å². The largest absolute Gasteiger partial charge is 0.450 e. The van der Waals surface area contributed by atoms with Gasteiger partial charge in [-0.3, -0.25) is 10.3 Å². The number of hydrazone groups is 1. The smallest absolute Gasteiger partial charge is 0.432 e. The van der Waals surface area contributed by atoms with E-state index in [9.17, 15) is 18.0 Å². The Morgan fingerprint density at radius 2 is 2.19 bits per heavy atom. The second-order valence-electron chi connectivity index (χ2n) is 5.21. The molecule has 1 aromatic carbocycles. The van der Waals surface area contributed by atoms with Gasteiger partial charge in [-0.05, 0) is 25.1 Å². The highest BCUT2D eigenvalue weighted by Crippen LogP contribution is 2.29. The van der Waals surface area contributed by atoms with E-state index in [-0.39, 0.29) is 36.2 Å². The molecule has 0 unspecified atom stereocenters. The van der Waals surface area contributed by atoms with Crippen LogP contribution in [0.4, 0.5) is 23.7 Å². The van der Waals surface area contributed by atoms with Crippen LogP contribution in [-0.4, -0.2) is 49.9 Å². The van der Waals surface area contributed by atoms with Gasteiger partial charge in [0.2, 0.25) is 0 Å². The molecule has 26 heavy (non-hydrogen) atoms. The Bertz CT molecular complexity index is 735. The van der Waals surface area contributed by atoms with Gasteiger partial charge in [0.15, 0.2) is 0 Å². The molecule has 0 saturated carbocycles. The summed E-state index contributed by atoms with van der Waals surface area (Å²) in [5, 5.41) is 7.46. The van der Waals surface area contributed by atoms with Crippen molar-refractivity contribution in [1.82, 2.24) is 5.01 Å². The van der Waals surface area contributed by atoms with Gasteiger partial charge in [0.1, 0.15) is 5.70 Å². The van der Waals surface area contributed by atoms with Gasteiger partial charge in [-0.15, -0.1) is 0 Å². The Labute approximate surface area is 153 Å². The molecule has 1 amide bonds. The molecule has 1 aromatic rings. The highest BCUT2D eigenvalue weighted by Gasteiger charge is 2.37. The number of hydrogen-bond acceptors (Lipinski definition) is 5. The summed E-state index contributed by atoms with van der Waals surface area (Å²) in [4.78, 5) is 11.6.